The lowest BCUT2D eigenvalue weighted by atomic mass is 10.1. The van der Waals surface area contributed by atoms with Crippen LogP contribution in [0, 0.1) is 30.9 Å². The second kappa shape index (κ2) is 12.8. The van der Waals surface area contributed by atoms with Crippen molar-refractivity contribution in [1.29, 1.82) is 0 Å². The minimum atomic E-state index is -1.36. The summed E-state index contributed by atoms with van der Waals surface area (Å²) in [6.45, 7) is 5.70. The first kappa shape index (κ1) is 29.5. The van der Waals surface area contributed by atoms with Crippen LogP contribution in [0.4, 0.5) is 11.4 Å². The molecule has 0 spiro atoms. The predicted molar refractivity (Wildman–Crippen MR) is 158 cm³/mol. The van der Waals surface area contributed by atoms with Gasteiger partial charge in [0.1, 0.15) is 5.69 Å². The van der Waals surface area contributed by atoms with Crippen LogP contribution in [0.1, 0.15) is 39.7 Å². The Morgan fingerprint density at radius 2 is 1.73 bits per heavy atom. The Kier molecular flexibility index (Phi) is 9.21. The number of nitro benzene ring substituents is 1. The van der Waals surface area contributed by atoms with E-state index in [1.807, 2.05) is 6.92 Å². The number of hydrogen-bond acceptors (Lipinski definition) is 6. The third kappa shape index (κ3) is 7.00. The maximum atomic E-state index is 13.3. The standard InChI is InChI=1S/C30H26Cl2N4O5/c1-18-12-14-26(27(16-18)36(39)40)33-30(38)29(21-8-5-4-6-9-21)41-28(37)15-13-22-19(2)34-35(20(22)3)17-23-24(31)10-7-11-25(23)32/h4-16,29H,17H2,1-3H3,(H,33,38)/b15-13+. The van der Waals surface area contributed by atoms with Crippen LogP contribution in [-0.2, 0) is 20.9 Å². The lowest BCUT2D eigenvalue weighted by Crippen LogP contribution is -2.25. The maximum Gasteiger partial charge on any atom is 0.331 e. The number of nitrogens with one attached hydrogen (secondary N) is 1. The van der Waals surface area contributed by atoms with Crippen molar-refractivity contribution in [2.45, 2.75) is 33.4 Å². The Labute approximate surface area is 246 Å². The van der Waals surface area contributed by atoms with Crippen LogP contribution >= 0.6 is 23.2 Å². The van der Waals surface area contributed by atoms with E-state index in [9.17, 15) is 19.7 Å². The second-order valence-electron chi connectivity index (χ2n) is 9.27. The van der Waals surface area contributed by atoms with E-state index in [2.05, 4.69) is 10.4 Å². The number of hydrogen-bond donors (Lipinski definition) is 1. The number of amides is 1. The van der Waals surface area contributed by atoms with Gasteiger partial charge in [-0.05, 0) is 50.6 Å². The number of esters is 1. The molecule has 0 fully saturated rings. The number of benzene rings is 3. The van der Waals surface area contributed by atoms with Crippen molar-refractivity contribution in [3.8, 4) is 0 Å². The summed E-state index contributed by atoms with van der Waals surface area (Å²) < 4.78 is 7.30. The third-order valence-corrected chi connectivity index (χ3v) is 7.08. The molecule has 0 bridgehead atoms. The molecule has 1 atom stereocenters. The molecule has 1 aromatic heterocycles. The van der Waals surface area contributed by atoms with Gasteiger partial charge < -0.3 is 10.1 Å². The average Bonchev–Trinajstić information content (AvgIpc) is 3.21. The number of carbonyl (C=O) groups excluding carboxylic acids is 2. The van der Waals surface area contributed by atoms with E-state index in [1.165, 1.54) is 18.2 Å². The van der Waals surface area contributed by atoms with Crippen LogP contribution in [0.2, 0.25) is 10.0 Å². The molecule has 0 saturated carbocycles. The van der Waals surface area contributed by atoms with E-state index >= 15 is 0 Å². The summed E-state index contributed by atoms with van der Waals surface area (Å²) in [5.74, 6) is -1.52. The van der Waals surface area contributed by atoms with E-state index < -0.39 is 22.9 Å². The van der Waals surface area contributed by atoms with Gasteiger partial charge in [-0.3, -0.25) is 19.6 Å². The summed E-state index contributed by atoms with van der Waals surface area (Å²) in [6, 6.07) is 18.1. The molecule has 1 amide bonds. The zero-order valence-corrected chi connectivity index (χ0v) is 23.9. The molecular formula is C30H26Cl2N4O5. The molecule has 1 N–H and O–H groups in total. The van der Waals surface area contributed by atoms with Gasteiger partial charge in [0.25, 0.3) is 11.6 Å². The molecule has 210 valence electrons. The van der Waals surface area contributed by atoms with E-state index in [0.717, 1.165) is 11.3 Å². The monoisotopic (exact) mass is 592 g/mol. The first-order valence-corrected chi connectivity index (χ1v) is 13.3. The third-order valence-electron chi connectivity index (χ3n) is 6.38. The number of aromatic nitrogens is 2. The predicted octanol–water partition coefficient (Wildman–Crippen LogP) is 7.01. The fourth-order valence-corrected chi connectivity index (χ4v) is 4.76. The minimum absolute atomic E-state index is 0.00425. The molecule has 0 aliphatic heterocycles. The highest BCUT2D eigenvalue weighted by atomic mass is 35.5. The Balaban J connectivity index is 1.55. The maximum absolute atomic E-state index is 13.3. The van der Waals surface area contributed by atoms with Crippen molar-refractivity contribution < 1.29 is 19.2 Å². The van der Waals surface area contributed by atoms with Crippen molar-refractivity contribution >= 4 is 52.5 Å². The highest BCUT2D eigenvalue weighted by Gasteiger charge is 2.27. The number of anilines is 1. The molecule has 0 saturated heterocycles. The summed E-state index contributed by atoms with van der Waals surface area (Å²) in [5, 5.41) is 19.7. The molecule has 0 aliphatic carbocycles. The smallest absolute Gasteiger partial charge is 0.331 e. The minimum Gasteiger partial charge on any atom is -0.444 e. The van der Waals surface area contributed by atoms with E-state index in [-0.39, 0.29) is 11.4 Å². The fourth-order valence-electron chi connectivity index (χ4n) is 4.24. The zero-order valence-electron chi connectivity index (χ0n) is 22.4. The fraction of sp³-hybridized carbons (Fsp3) is 0.167. The van der Waals surface area contributed by atoms with E-state index in [4.69, 9.17) is 27.9 Å². The van der Waals surface area contributed by atoms with Gasteiger partial charge in [-0.1, -0.05) is 65.7 Å². The lowest BCUT2D eigenvalue weighted by molar-refractivity contribution is -0.384. The van der Waals surface area contributed by atoms with Crippen molar-refractivity contribution in [2.75, 3.05) is 5.32 Å². The molecule has 4 rings (SSSR count). The molecule has 0 radical (unpaired) electrons. The van der Waals surface area contributed by atoms with Crippen molar-refractivity contribution in [3.63, 3.8) is 0 Å². The number of nitro groups is 1. The topological polar surface area (TPSA) is 116 Å². The van der Waals surface area contributed by atoms with Crippen molar-refractivity contribution in [3.05, 3.63) is 127 Å². The van der Waals surface area contributed by atoms with Gasteiger partial charge in [0.2, 0.25) is 6.10 Å². The highest BCUT2D eigenvalue weighted by molar-refractivity contribution is 6.36. The number of ether oxygens (including phenoxy) is 1. The largest absolute Gasteiger partial charge is 0.444 e. The Morgan fingerprint density at radius 3 is 2.39 bits per heavy atom. The first-order valence-electron chi connectivity index (χ1n) is 12.5. The molecule has 1 unspecified atom stereocenters. The van der Waals surface area contributed by atoms with Crippen LogP contribution < -0.4 is 5.32 Å². The molecule has 4 aromatic rings. The first-order chi connectivity index (χ1) is 19.5. The van der Waals surface area contributed by atoms with Crippen LogP contribution in [0.5, 0.6) is 0 Å². The summed E-state index contributed by atoms with van der Waals surface area (Å²) in [4.78, 5) is 37.1. The summed E-state index contributed by atoms with van der Waals surface area (Å²) in [7, 11) is 0. The number of carbonyl (C=O) groups is 2. The van der Waals surface area contributed by atoms with Crippen molar-refractivity contribution in [1.82, 2.24) is 9.78 Å². The van der Waals surface area contributed by atoms with Gasteiger partial charge in [-0.25, -0.2) is 4.79 Å². The number of nitrogens with zero attached hydrogens (tertiary/aromatic N) is 3. The summed E-state index contributed by atoms with van der Waals surface area (Å²) in [6.07, 6.45) is 1.41. The van der Waals surface area contributed by atoms with Gasteiger partial charge >= 0.3 is 5.97 Å². The van der Waals surface area contributed by atoms with Gasteiger partial charge in [0, 0.05) is 44.6 Å². The molecule has 11 heteroatoms. The van der Waals surface area contributed by atoms with Crippen molar-refractivity contribution in [2.24, 2.45) is 0 Å². The van der Waals surface area contributed by atoms with Gasteiger partial charge in [-0.15, -0.1) is 0 Å². The Hall–Kier alpha value is -4.47. The van der Waals surface area contributed by atoms with Crippen LogP contribution in [0.15, 0.2) is 72.8 Å². The van der Waals surface area contributed by atoms with Crippen LogP contribution in [-0.4, -0.2) is 26.6 Å². The zero-order chi connectivity index (χ0) is 29.7. The molecule has 0 aliphatic rings. The number of rotatable bonds is 9. The molecule has 1 heterocycles. The summed E-state index contributed by atoms with van der Waals surface area (Å²) in [5.41, 5.74) is 3.65. The van der Waals surface area contributed by atoms with Crippen LogP contribution in [0.3, 0.4) is 0 Å². The normalized spacial score (nSPS) is 11.8. The second-order valence-corrected chi connectivity index (χ2v) is 10.1. The highest BCUT2D eigenvalue weighted by Crippen LogP contribution is 2.29. The van der Waals surface area contributed by atoms with Gasteiger partial charge in [-0.2, -0.15) is 5.10 Å². The lowest BCUT2D eigenvalue weighted by Gasteiger charge is -2.17. The van der Waals surface area contributed by atoms with Gasteiger partial charge in [0.05, 0.1) is 17.2 Å². The SMILES string of the molecule is Cc1ccc(NC(=O)C(OC(=O)/C=C/c2c(C)nn(Cc3c(Cl)cccc3Cl)c2C)c2ccccc2)c([N+](=O)[O-])c1. The van der Waals surface area contributed by atoms with Crippen LogP contribution in [0.25, 0.3) is 6.08 Å². The Morgan fingerprint density at radius 1 is 1.05 bits per heavy atom. The Bertz CT molecular complexity index is 1630. The molecule has 3 aromatic carbocycles. The molecule has 41 heavy (non-hydrogen) atoms. The molecular weight excluding hydrogens is 567 g/mol. The average molecular weight is 593 g/mol. The van der Waals surface area contributed by atoms with E-state index in [0.29, 0.717) is 39.0 Å². The molecule has 9 nitrogen and oxygen atoms in total. The van der Waals surface area contributed by atoms with E-state index in [1.54, 1.807) is 79.2 Å². The summed E-state index contributed by atoms with van der Waals surface area (Å²) >= 11 is 12.6. The van der Waals surface area contributed by atoms with Gasteiger partial charge in [0.15, 0.2) is 0 Å². The quantitative estimate of drug-likeness (QED) is 0.0966. The number of aryl methyl sites for hydroxylation is 2. The number of halogens is 2.